The van der Waals surface area contributed by atoms with Crippen molar-refractivity contribution in [2.45, 2.75) is 43.7 Å². The molecule has 4 atom stereocenters. The molecule has 1 aromatic rings. The Bertz CT molecular complexity index is 798. The van der Waals surface area contributed by atoms with Crippen LogP contribution in [0.15, 0.2) is 23.1 Å². The molecule has 144 valence electrons. The molecule has 0 bridgehead atoms. The summed E-state index contributed by atoms with van der Waals surface area (Å²) in [4.78, 5) is 11.7. The lowest BCUT2D eigenvalue weighted by Gasteiger charge is -2.37. The fraction of sp³-hybridized carbons (Fsp3) is 0.611. The Kier molecular flexibility index (Phi) is 5.63. The van der Waals surface area contributed by atoms with Gasteiger partial charge >= 0.3 is 0 Å². The number of ether oxygens (including phenoxy) is 1. The number of sulfonamides is 1. The lowest BCUT2D eigenvalue weighted by molar-refractivity contribution is -0.121. The summed E-state index contributed by atoms with van der Waals surface area (Å²) in [6, 6.07) is 4.78. The number of methoxy groups -OCH3 is 1. The summed E-state index contributed by atoms with van der Waals surface area (Å²) in [5.41, 5.74) is 0.849. The lowest BCUT2D eigenvalue weighted by Crippen LogP contribution is -2.49. The maximum absolute atomic E-state index is 13.0. The lowest BCUT2D eigenvalue weighted by atomic mass is 9.77. The number of amides is 1. The normalized spacial score (nSPS) is 29.4. The van der Waals surface area contributed by atoms with Crippen molar-refractivity contribution in [3.63, 3.8) is 0 Å². The van der Waals surface area contributed by atoms with Gasteiger partial charge in [0.25, 0.3) is 0 Å². The minimum Gasteiger partial charge on any atom is -0.379 e. The summed E-state index contributed by atoms with van der Waals surface area (Å²) in [5, 5.41) is 3.40. The van der Waals surface area contributed by atoms with E-state index in [-0.39, 0.29) is 34.8 Å². The molecule has 1 saturated carbocycles. The van der Waals surface area contributed by atoms with E-state index in [9.17, 15) is 13.2 Å². The zero-order valence-electron chi connectivity index (χ0n) is 15.2. The van der Waals surface area contributed by atoms with E-state index in [0.717, 1.165) is 18.4 Å². The number of rotatable bonds is 4. The third kappa shape index (κ3) is 3.76. The number of nitrogens with one attached hydrogen (secondary N) is 1. The minimum absolute atomic E-state index is 0.0739. The van der Waals surface area contributed by atoms with Crippen LogP contribution in [0.4, 0.5) is 0 Å². The number of aryl methyl sites for hydroxylation is 1. The van der Waals surface area contributed by atoms with Crippen LogP contribution in [0.25, 0.3) is 0 Å². The molecule has 3 rings (SSSR count). The van der Waals surface area contributed by atoms with E-state index in [0.29, 0.717) is 18.1 Å². The first-order valence-corrected chi connectivity index (χ1v) is 10.6. The third-order valence-electron chi connectivity index (χ3n) is 5.56. The van der Waals surface area contributed by atoms with Gasteiger partial charge in [-0.05, 0) is 49.3 Å². The molecule has 0 aromatic heterocycles. The number of carbonyl (C=O) groups is 1. The van der Waals surface area contributed by atoms with E-state index in [1.807, 2.05) is 6.92 Å². The number of halogens is 1. The fourth-order valence-corrected chi connectivity index (χ4v) is 5.95. The molecule has 1 aliphatic heterocycles. The second-order valence-electron chi connectivity index (χ2n) is 7.31. The number of fused-ring (bicyclic) bond motifs is 1. The SMILES string of the molecule is CO[C@@H]1C[C@H]2CN(S(=O)(=O)c3ccc(C)c(Cl)c3)C[C@H]2C[C@H]1NC(C)=O. The molecule has 1 heterocycles. The van der Waals surface area contributed by atoms with E-state index >= 15 is 0 Å². The van der Waals surface area contributed by atoms with Gasteiger partial charge in [-0.3, -0.25) is 4.79 Å². The summed E-state index contributed by atoms with van der Waals surface area (Å²) in [6.07, 6.45) is 1.38. The highest BCUT2D eigenvalue weighted by molar-refractivity contribution is 7.89. The highest BCUT2D eigenvalue weighted by Gasteiger charge is 2.45. The van der Waals surface area contributed by atoms with Crippen LogP contribution < -0.4 is 5.32 Å². The summed E-state index contributed by atoms with van der Waals surface area (Å²) in [7, 11) is -1.94. The zero-order valence-corrected chi connectivity index (χ0v) is 16.8. The summed E-state index contributed by atoms with van der Waals surface area (Å²) in [5.74, 6) is 0.363. The highest BCUT2D eigenvalue weighted by Crippen LogP contribution is 2.39. The predicted molar refractivity (Wildman–Crippen MR) is 99.6 cm³/mol. The Morgan fingerprint density at radius 2 is 1.92 bits per heavy atom. The smallest absolute Gasteiger partial charge is 0.243 e. The van der Waals surface area contributed by atoms with Crippen LogP contribution in [0.3, 0.4) is 0 Å². The molecular formula is C18H25ClN2O4S. The van der Waals surface area contributed by atoms with Crippen LogP contribution in [0.2, 0.25) is 5.02 Å². The molecule has 26 heavy (non-hydrogen) atoms. The van der Waals surface area contributed by atoms with Crippen molar-refractivity contribution in [2.75, 3.05) is 20.2 Å². The van der Waals surface area contributed by atoms with Gasteiger partial charge in [-0.25, -0.2) is 8.42 Å². The fourth-order valence-electron chi connectivity index (χ4n) is 4.12. The molecule has 2 fully saturated rings. The van der Waals surface area contributed by atoms with Crippen molar-refractivity contribution in [3.05, 3.63) is 28.8 Å². The van der Waals surface area contributed by atoms with Crippen LogP contribution in [0.5, 0.6) is 0 Å². The molecule has 1 amide bonds. The van der Waals surface area contributed by atoms with Crippen LogP contribution in [0, 0.1) is 18.8 Å². The molecule has 1 aromatic carbocycles. The molecule has 1 saturated heterocycles. The summed E-state index contributed by atoms with van der Waals surface area (Å²) < 4.78 is 33.1. The van der Waals surface area contributed by atoms with Gasteiger partial charge in [-0.1, -0.05) is 17.7 Å². The Hall–Kier alpha value is -1.15. The monoisotopic (exact) mass is 400 g/mol. The molecule has 1 N–H and O–H groups in total. The first kappa shape index (κ1) is 19.6. The van der Waals surface area contributed by atoms with Gasteiger partial charge in [0.2, 0.25) is 15.9 Å². The van der Waals surface area contributed by atoms with Crippen molar-refractivity contribution in [1.29, 1.82) is 0 Å². The largest absolute Gasteiger partial charge is 0.379 e. The molecule has 0 unspecified atom stereocenters. The standard InChI is InChI=1S/C18H25ClN2O4S/c1-11-4-5-15(8-16(11)19)26(23,24)21-9-13-6-17(20-12(2)22)18(25-3)7-14(13)10-21/h4-5,8,13-14,17-18H,6-7,9-10H2,1-3H3,(H,20,22)/t13-,14+,17-,18-/m1/s1. The second kappa shape index (κ2) is 7.46. The van der Waals surface area contributed by atoms with E-state index in [4.69, 9.17) is 16.3 Å². The summed E-state index contributed by atoms with van der Waals surface area (Å²) >= 11 is 6.11. The van der Waals surface area contributed by atoms with Crippen molar-refractivity contribution in [2.24, 2.45) is 11.8 Å². The van der Waals surface area contributed by atoms with Crippen molar-refractivity contribution in [3.8, 4) is 0 Å². The maximum atomic E-state index is 13.0. The Morgan fingerprint density at radius 3 is 2.50 bits per heavy atom. The Labute approximate surface area is 159 Å². The average molecular weight is 401 g/mol. The molecule has 6 nitrogen and oxygen atoms in total. The van der Waals surface area contributed by atoms with E-state index in [1.54, 1.807) is 23.5 Å². The Balaban J connectivity index is 1.78. The number of carbonyl (C=O) groups excluding carboxylic acids is 1. The predicted octanol–water partition coefficient (Wildman–Crippen LogP) is 2.20. The van der Waals surface area contributed by atoms with Crippen molar-refractivity contribution < 1.29 is 17.9 Å². The van der Waals surface area contributed by atoms with Gasteiger partial charge in [0.15, 0.2) is 0 Å². The first-order valence-electron chi connectivity index (χ1n) is 8.78. The van der Waals surface area contributed by atoms with Gasteiger partial charge in [0.1, 0.15) is 0 Å². The maximum Gasteiger partial charge on any atom is 0.243 e. The van der Waals surface area contributed by atoms with Crippen LogP contribution in [-0.4, -0.2) is 51.0 Å². The van der Waals surface area contributed by atoms with Crippen LogP contribution in [0.1, 0.15) is 25.3 Å². The number of hydrogen-bond acceptors (Lipinski definition) is 4. The molecule has 0 radical (unpaired) electrons. The van der Waals surface area contributed by atoms with Crippen molar-refractivity contribution >= 4 is 27.5 Å². The van der Waals surface area contributed by atoms with Gasteiger partial charge in [-0.2, -0.15) is 4.31 Å². The quantitative estimate of drug-likeness (QED) is 0.840. The number of nitrogens with zero attached hydrogens (tertiary/aromatic N) is 1. The van der Waals surface area contributed by atoms with Gasteiger partial charge in [-0.15, -0.1) is 0 Å². The van der Waals surface area contributed by atoms with E-state index in [2.05, 4.69) is 5.32 Å². The first-order chi connectivity index (χ1) is 12.2. The highest BCUT2D eigenvalue weighted by atomic mass is 35.5. The number of hydrogen-bond donors (Lipinski definition) is 1. The third-order valence-corrected chi connectivity index (χ3v) is 7.79. The second-order valence-corrected chi connectivity index (χ2v) is 9.65. The summed E-state index contributed by atoms with van der Waals surface area (Å²) in [6.45, 7) is 4.28. The molecule has 8 heteroatoms. The zero-order chi connectivity index (χ0) is 19.1. The van der Waals surface area contributed by atoms with Crippen LogP contribution in [-0.2, 0) is 19.6 Å². The molecule has 2 aliphatic rings. The molecule has 0 spiro atoms. The van der Waals surface area contributed by atoms with E-state index in [1.165, 1.54) is 13.0 Å². The Morgan fingerprint density at radius 1 is 1.27 bits per heavy atom. The van der Waals surface area contributed by atoms with Gasteiger partial charge in [0, 0.05) is 32.1 Å². The minimum atomic E-state index is -3.58. The van der Waals surface area contributed by atoms with Crippen LogP contribution >= 0.6 is 11.6 Å². The molecular weight excluding hydrogens is 376 g/mol. The average Bonchev–Trinajstić information content (AvgIpc) is 2.99. The van der Waals surface area contributed by atoms with Crippen molar-refractivity contribution in [1.82, 2.24) is 9.62 Å². The van der Waals surface area contributed by atoms with Gasteiger partial charge in [0.05, 0.1) is 17.0 Å². The van der Waals surface area contributed by atoms with Gasteiger partial charge < -0.3 is 10.1 Å². The number of benzene rings is 1. The molecule has 1 aliphatic carbocycles. The topological polar surface area (TPSA) is 75.7 Å². The van der Waals surface area contributed by atoms with E-state index < -0.39 is 10.0 Å².